The number of aliphatic carboxylic acids is 1. The molecule has 0 radical (unpaired) electrons. The molecular weight excluding hydrogens is 678 g/mol. The Morgan fingerprint density at radius 1 is 0.840 bits per heavy atom. The number of benzene rings is 3. The van der Waals surface area contributed by atoms with E-state index in [1.165, 1.54) is 41.3 Å². The van der Waals surface area contributed by atoms with E-state index in [1.807, 2.05) is 0 Å². The van der Waals surface area contributed by atoms with E-state index < -0.39 is 34.8 Å². The number of nitro groups is 1. The van der Waals surface area contributed by atoms with Crippen molar-refractivity contribution >= 4 is 53.2 Å². The zero-order valence-corrected chi connectivity index (χ0v) is 27.0. The van der Waals surface area contributed by atoms with Crippen LogP contribution in [0.15, 0.2) is 79.0 Å². The molecule has 3 aromatic carbocycles. The Balaban J connectivity index is 0.000000209. The number of carboxylic acids is 5. The van der Waals surface area contributed by atoms with Crippen LogP contribution < -0.4 is 4.90 Å². The van der Waals surface area contributed by atoms with Crippen LogP contribution in [0.1, 0.15) is 59.1 Å². The van der Waals surface area contributed by atoms with Gasteiger partial charge in [0.05, 0.1) is 32.9 Å². The van der Waals surface area contributed by atoms with Crippen LogP contribution in [-0.2, 0) is 17.8 Å². The molecule has 0 spiro atoms. The highest BCUT2D eigenvalue weighted by atomic mass is 35.5. The van der Waals surface area contributed by atoms with Crippen LogP contribution in [0, 0.1) is 10.1 Å². The molecule has 2 heterocycles. The first-order chi connectivity index (χ1) is 23.6. The monoisotopic (exact) mass is 707 g/mol. The number of halogens is 1. The zero-order chi connectivity index (χ0) is 37.1. The van der Waals surface area contributed by atoms with Crippen LogP contribution in [0.4, 0.5) is 5.69 Å². The third kappa shape index (κ3) is 10.0. The van der Waals surface area contributed by atoms with Gasteiger partial charge in [0.2, 0.25) is 6.20 Å². The van der Waals surface area contributed by atoms with Gasteiger partial charge in [0, 0.05) is 41.6 Å². The fraction of sp³-hybridized carbons (Fsp3) is 0.147. The van der Waals surface area contributed by atoms with E-state index in [9.17, 15) is 44.3 Å². The van der Waals surface area contributed by atoms with E-state index in [2.05, 4.69) is 0 Å². The maximum absolute atomic E-state index is 11.6. The van der Waals surface area contributed by atoms with Gasteiger partial charge in [-0.25, -0.2) is 19.2 Å². The second kappa shape index (κ2) is 17.1. The van der Waals surface area contributed by atoms with E-state index in [1.54, 1.807) is 54.1 Å². The molecule has 0 fully saturated rings. The van der Waals surface area contributed by atoms with Crippen molar-refractivity contribution in [2.75, 3.05) is 18.5 Å². The second-order valence-electron chi connectivity index (χ2n) is 10.6. The molecule has 15 nitrogen and oxygen atoms in total. The third-order valence-electron chi connectivity index (χ3n) is 7.14. The number of carboxylic acid groups (broad SMARTS) is 5. The number of hydrogen-bond acceptors (Lipinski definition) is 8. The Labute approximate surface area is 288 Å². The molecule has 0 saturated heterocycles. The number of rotatable bonds is 10. The molecule has 1 aliphatic heterocycles. The van der Waals surface area contributed by atoms with Crippen molar-refractivity contribution in [1.29, 1.82) is 0 Å². The van der Waals surface area contributed by atoms with Gasteiger partial charge in [0.1, 0.15) is 6.54 Å². The van der Waals surface area contributed by atoms with E-state index in [0.29, 0.717) is 46.2 Å². The van der Waals surface area contributed by atoms with Gasteiger partial charge in [-0.1, -0.05) is 35.9 Å². The van der Waals surface area contributed by atoms with Gasteiger partial charge >= 0.3 is 29.8 Å². The Morgan fingerprint density at radius 3 is 2.00 bits per heavy atom. The maximum Gasteiger partial charge on any atom is 0.338 e. The molecule has 0 amide bonds. The number of carbonyl (C=O) groups is 5. The first-order valence-electron chi connectivity index (χ1n) is 14.5. The summed E-state index contributed by atoms with van der Waals surface area (Å²) >= 11 is 5.97. The number of fused-ring (bicyclic) bond motifs is 1. The highest BCUT2D eigenvalue weighted by Crippen LogP contribution is 2.36. The van der Waals surface area contributed by atoms with Gasteiger partial charge in [-0.3, -0.25) is 14.9 Å². The molecule has 50 heavy (non-hydrogen) atoms. The van der Waals surface area contributed by atoms with E-state index >= 15 is 0 Å². The number of anilines is 1. The molecule has 1 aliphatic rings. The largest absolute Gasteiger partial charge is 0.480 e. The summed E-state index contributed by atoms with van der Waals surface area (Å²) in [5, 5.41) is 55.2. The first kappa shape index (κ1) is 38.0. The minimum atomic E-state index is -1.23. The van der Waals surface area contributed by atoms with Gasteiger partial charge < -0.3 is 35.0 Å². The zero-order valence-electron chi connectivity index (χ0n) is 26.2. The molecule has 260 valence electrons. The Morgan fingerprint density at radius 2 is 1.46 bits per heavy atom. The predicted molar refractivity (Wildman–Crippen MR) is 181 cm³/mol. The van der Waals surface area contributed by atoms with Gasteiger partial charge in [0.15, 0.2) is 0 Å². The first-order valence-corrected chi connectivity index (χ1v) is 14.9. The van der Waals surface area contributed by atoms with Gasteiger partial charge in [-0.05, 0) is 66.9 Å². The summed E-state index contributed by atoms with van der Waals surface area (Å²) in [6.45, 7) is 0.497. The summed E-state index contributed by atoms with van der Waals surface area (Å²) < 4.78 is 1.79. The van der Waals surface area contributed by atoms with E-state index in [0.717, 1.165) is 12.6 Å². The molecular formula is C34H30ClN3O12. The normalized spacial score (nSPS) is 11.3. The fourth-order valence-corrected chi connectivity index (χ4v) is 5.22. The van der Waals surface area contributed by atoms with E-state index in [-0.39, 0.29) is 28.8 Å². The SMILES string of the molecule is CN(CC(=O)O)c1ccc(C(=O)O)cc1.O=C(O)c1c(C(=O)O)c(-c2cccc(Cl)c2)n2c1CCC2.O=C(O)c1cccc(C=C[N+](=O)[O-])c1. The Hall–Kier alpha value is -6.48. The number of aromatic carboxylic acids is 4. The minimum Gasteiger partial charge on any atom is -0.480 e. The van der Waals surface area contributed by atoms with Crippen molar-refractivity contribution in [3.8, 4) is 11.3 Å². The topological polar surface area (TPSA) is 238 Å². The van der Waals surface area contributed by atoms with Crippen molar-refractivity contribution in [2.45, 2.75) is 19.4 Å². The third-order valence-corrected chi connectivity index (χ3v) is 7.38. The summed E-state index contributed by atoms with van der Waals surface area (Å²) in [4.78, 5) is 65.5. The molecule has 0 unspecified atom stereocenters. The summed E-state index contributed by atoms with van der Waals surface area (Å²) in [6, 6.07) is 18.7. The van der Waals surface area contributed by atoms with Gasteiger partial charge in [0.25, 0.3) is 0 Å². The standard InChI is InChI=1S/C15H12ClNO4.C10H11NO4.C9H7NO4/c16-9-4-1-3-8(7-9)13-12(15(20)21)11(14(18)19)10-5-2-6-17(10)13;1-11(6-9(12)13)8-4-2-7(3-5-8)10(14)15;11-9(12)8-3-1-2-7(6-8)4-5-10(13)14/h1,3-4,7H,2,5-6H2,(H,18,19)(H,20,21);2-5H,6H2,1H3,(H,12,13)(H,14,15);1-6H,(H,11,12). The molecule has 0 saturated carbocycles. The van der Waals surface area contributed by atoms with Crippen LogP contribution >= 0.6 is 11.6 Å². The summed E-state index contributed by atoms with van der Waals surface area (Å²) in [5.74, 6) is -5.42. The average molecular weight is 708 g/mol. The molecule has 5 N–H and O–H groups in total. The van der Waals surface area contributed by atoms with Crippen LogP contribution in [0.25, 0.3) is 17.3 Å². The summed E-state index contributed by atoms with van der Waals surface area (Å²) in [5.41, 5.74) is 2.82. The lowest BCUT2D eigenvalue weighted by atomic mass is 10.0. The average Bonchev–Trinajstić information content (AvgIpc) is 3.65. The van der Waals surface area contributed by atoms with Crippen LogP contribution in [0.5, 0.6) is 0 Å². The molecule has 0 atom stereocenters. The van der Waals surface area contributed by atoms with Gasteiger partial charge in [-0.2, -0.15) is 0 Å². The summed E-state index contributed by atoms with van der Waals surface area (Å²) in [6.07, 6.45) is 3.39. The summed E-state index contributed by atoms with van der Waals surface area (Å²) in [7, 11) is 1.63. The fourth-order valence-electron chi connectivity index (χ4n) is 5.03. The van der Waals surface area contributed by atoms with Crippen LogP contribution in [0.2, 0.25) is 5.02 Å². The van der Waals surface area contributed by atoms with Crippen LogP contribution in [-0.4, -0.2) is 78.5 Å². The van der Waals surface area contributed by atoms with E-state index in [4.69, 9.17) is 26.9 Å². The van der Waals surface area contributed by atoms with Crippen molar-refractivity contribution < 1.29 is 54.4 Å². The molecule has 0 bridgehead atoms. The Bertz CT molecular complexity index is 1970. The van der Waals surface area contributed by atoms with Crippen molar-refractivity contribution in [2.24, 2.45) is 0 Å². The highest BCUT2D eigenvalue weighted by Gasteiger charge is 2.33. The predicted octanol–water partition coefficient (Wildman–Crippen LogP) is 5.69. The lowest BCUT2D eigenvalue weighted by molar-refractivity contribution is -0.400. The minimum absolute atomic E-state index is 0.102. The second-order valence-corrected chi connectivity index (χ2v) is 11.0. The number of hydrogen-bond donors (Lipinski definition) is 5. The van der Waals surface area contributed by atoms with Crippen molar-refractivity contribution in [3.05, 3.63) is 128 Å². The van der Waals surface area contributed by atoms with Crippen molar-refractivity contribution in [3.63, 3.8) is 0 Å². The molecule has 4 aromatic rings. The highest BCUT2D eigenvalue weighted by molar-refractivity contribution is 6.30. The lowest BCUT2D eigenvalue weighted by Crippen LogP contribution is -2.24. The maximum atomic E-state index is 11.6. The number of aromatic nitrogens is 1. The number of nitrogens with zero attached hydrogens (tertiary/aromatic N) is 3. The molecule has 0 aliphatic carbocycles. The lowest BCUT2D eigenvalue weighted by Gasteiger charge is -2.16. The number of likely N-dealkylation sites (N-methyl/N-ethyl adjacent to an activating group) is 1. The van der Waals surface area contributed by atoms with Crippen molar-refractivity contribution in [1.82, 2.24) is 4.57 Å². The van der Waals surface area contributed by atoms with Crippen LogP contribution in [0.3, 0.4) is 0 Å². The Kier molecular flexibility index (Phi) is 13.0. The molecule has 5 rings (SSSR count). The molecule has 16 heteroatoms. The molecule has 1 aromatic heterocycles. The quantitative estimate of drug-likeness (QED) is 0.0985. The van der Waals surface area contributed by atoms with Gasteiger partial charge in [-0.15, -0.1) is 0 Å². The smallest absolute Gasteiger partial charge is 0.338 e.